The highest BCUT2D eigenvalue weighted by molar-refractivity contribution is 5.97. The lowest BCUT2D eigenvalue weighted by atomic mass is 10.1. The fraction of sp³-hybridized carbons (Fsp3) is 0.417. The standard InChI is InChI=1S/C24H28N4O5/c1-16-10-11-19(28(31)32)23(17(16)2)25-22(29)15-27-14-21(24(30)26-12-6-3-7-13-26)33-20-9-5-4-8-18(20)27/h4-5,8-11,21H,3,6-7,12-15H2,1-2H3,(H,25,29). The lowest BCUT2D eigenvalue weighted by Crippen LogP contribution is -2.52. The lowest BCUT2D eigenvalue weighted by molar-refractivity contribution is -0.384. The summed E-state index contributed by atoms with van der Waals surface area (Å²) in [5.74, 6) is 0.0806. The number of piperidine rings is 1. The van der Waals surface area contributed by atoms with Crippen molar-refractivity contribution in [2.75, 3.05) is 36.4 Å². The van der Waals surface area contributed by atoms with Gasteiger partial charge in [0.25, 0.3) is 11.6 Å². The zero-order valence-electron chi connectivity index (χ0n) is 18.9. The number of carbonyl (C=O) groups is 2. The summed E-state index contributed by atoms with van der Waals surface area (Å²) in [6.45, 7) is 5.19. The van der Waals surface area contributed by atoms with E-state index in [4.69, 9.17) is 4.74 Å². The van der Waals surface area contributed by atoms with Crippen molar-refractivity contribution in [3.8, 4) is 5.75 Å². The topological polar surface area (TPSA) is 105 Å². The quantitative estimate of drug-likeness (QED) is 0.550. The first kappa shape index (κ1) is 22.6. The molecule has 2 aliphatic rings. The second kappa shape index (κ2) is 9.48. The molecule has 1 atom stereocenters. The molecule has 2 aliphatic heterocycles. The van der Waals surface area contributed by atoms with Crippen molar-refractivity contribution in [1.82, 2.24) is 4.90 Å². The monoisotopic (exact) mass is 452 g/mol. The number of rotatable bonds is 5. The number of nitro groups is 1. The summed E-state index contributed by atoms with van der Waals surface area (Å²) in [5.41, 5.74) is 2.27. The number of amides is 2. The third kappa shape index (κ3) is 4.76. The summed E-state index contributed by atoms with van der Waals surface area (Å²) in [5, 5.41) is 14.2. The number of anilines is 2. The molecule has 33 heavy (non-hydrogen) atoms. The predicted octanol–water partition coefficient (Wildman–Crippen LogP) is 3.43. The zero-order chi connectivity index (χ0) is 23.5. The molecule has 1 N–H and O–H groups in total. The van der Waals surface area contributed by atoms with Gasteiger partial charge in [0.15, 0.2) is 6.10 Å². The Balaban J connectivity index is 1.54. The normalized spacial score (nSPS) is 17.7. The minimum Gasteiger partial charge on any atom is -0.477 e. The molecular formula is C24H28N4O5. The Kier molecular flexibility index (Phi) is 6.48. The van der Waals surface area contributed by atoms with Gasteiger partial charge in [0.05, 0.1) is 23.7 Å². The third-order valence-electron chi connectivity index (χ3n) is 6.31. The van der Waals surface area contributed by atoms with Crippen molar-refractivity contribution in [2.24, 2.45) is 0 Å². The number of nitro benzene ring substituents is 1. The van der Waals surface area contributed by atoms with Crippen LogP contribution < -0.4 is 15.0 Å². The van der Waals surface area contributed by atoms with Gasteiger partial charge in [-0.25, -0.2) is 0 Å². The number of aryl methyl sites for hydroxylation is 1. The number of hydrogen-bond donors (Lipinski definition) is 1. The Labute approximate surface area is 192 Å². The van der Waals surface area contributed by atoms with Crippen LogP contribution in [0.1, 0.15) is 30.4 Å². The van der Waals surface area contributed by atoms with Crippen LogP contribution in [0.15, 0.2) is 36.4 Å². The molecule has 0 aliphatic carbocycles. The van der Waals surface area contributed by atoms with Crippen LogP contribution in [0.3, 0.4) is 0 Å². The smallest absolute Gasteiger partial charge is 0.293 e. The third-order valence-corrected chi connectivity index (χ3v) is 6.31. The van der Waals surface area contributed by atoms with E-state index in [-0.39, 0.29) is 30.4 Å². The second-order valence-corrected chi connectivity index (χ2v) is 8.55. The van der Waals surface area contributed by atoms with E-state index in [9.17, 15) is 19.7 Å². The SMILES string of the molecule is Cc1ccc([N+](=O)[O-])c(NC(=O)CN2CC(C(=O)N3CCCCC3)Oc3ccccc32)c1C. The van der Waals surface area contributed by atoms with E-state index >= 15 is 0 Å². The number of ether oxygens (including phenoxy) is 1. The minimum absolute atomic E-state index is 0.0608. The molecular weight excluding hydrogens is 424 g/mol. The molecule has 1 unspecified atom stereocenters. The van der Waals surface area contributed by atoms with Gasteiger partial charge >= 0.3 is 0 Å². The molecule has 2 aromatic rings. The highest BCUT2D eigenvalue weighted by Crippen LogP contribution is 2.34. The Bertz CT molecular complexity index is 1080. The number of para-hydroxylation sites is 2. The van der Waals surface area contributed by atoms with Crippen LogP contribution in [0.4, 0.5) is 17.1 Å². The molecule has 0 radical (unpaired) electrons. The maximum atomic E-state index is 13.1. The average molecular weight is 453 g/mol. The van der Waals surface area contributed by atoms with Crippen LogP contribution in [0, 0.1) is 24.0 Å². The molecule has 2 aromatic carbocycles. The molecule has 2 heterocycles. The molecule has 1 saturated heterocycles. The van der Waals surface area contributed by atoms with Crippen molar-refractivity contribution >= 4 is 28.9 Å². The van der Waals surface area contributed by atoms with Crippen molar-refractivity contribution in [1.29, 1.82) is 0 Å². The largest absolute Gasteiger partial charge is 0.477 e. The van der Waals surface area contributed by atoms with Crippen molar-refractivity contribution in [2.45, 2.75) is 39.2 Å². The van der Waals surface area contributed by atoms with E-state index in [0.717, 1.165) is 37.9 Å². The summed E-state index contributed by atoms with van der Waals surface area (Å²) in [7, 11) is 0. The van der Waals surface area contributed by atoms with E-state index in [1.807, 2.05) is 30.0 Å². The maximum absolute atomic E-state index is 13.1. The number of hydrogen-bond acceptors (Lipinski definition) is 6. The van der Waals surface area contributed by atoms with Crippen molar-refractivity contribution in [3.05, 3.63) is 57.6 Å². The first-order valence-corrected chi connectivity index (χ1v) is 11.2. The van der Waals surface area contributed by atoms with Gasteiger partial charge in [0.1, 0.15) is 11.4 Å². The van der Waals surface area contributed by atoms with Crippen LogP contribution in [-0.2, 0) is 9.59 Å². The highest BCUT2D eigenvalue weighted by atomic mass is 16.6. The van der Waals surface area contributed by atoms with E-state index in [1.54, 1.807) is 24.0 Å². The number of nitrogens with one attached hydrogen (secondary N) is 1. The summed E-state index contributed by atoms with van der Waals surface area (Å²) in [4.78, 5) is 40.7. The van der Waals surface area contributed by atoms with Gasteiger partial charge in [-0.15, -0.1) is 0 Å². The van der Waals surface area contributed by atoms with E-state index < -0.39 is 16.9 Å². The second-order valence-electron chi connectivity index (χ2n) is 8.55. The number of carbonyl (C=O) groups excluding carboxylic acids is 2. The molecule has 9 nitrogen and oxygen atoms in total. The first-order valence-electron chi connectivity index (χ1n) is 11.2. The van der Waals surface area contributed by atoms with Crippen LogP contribution in [-0.4, -0.2) is 53.9 Å². The van der Waals surface area contributed by atoms with Crippen molar-refractivity contribution in [3.63, 3.8) is 0 Å². The zero-order valence-corrected chi connectivity index (χ0v) is 18.9. The van der Waals surface area contributed by atoms with Crippen LogP contribution in [0.5, 0.6) is 5.75 Å². The highest BCUT2D eigenvalue weighted by Gasteiger charge is 2.34. The van der Waals surface area contributed by atoms with Gasteiger partial charge in [-0.2, -0.15) is 0 Å². The number of benzene rings is 2. The molecule has 1 fully saturated rings. The van der Waals surface area contributed by atoms with Gasteiger partial charge in [-0.1, -0.05) is 18.2 Å². The molecule has 4 rings (SSSR count). The average Bonchev–Trinajstić information content (AvgIpc) is 2.82. The van der Waals surface area contributed by atoms with Crippen LogP contribution >= 0.6 is 0 Å². The summed E-state index contributed by atoms with van der Waals surface area (Å²) >= 11 is 0. The number of fused-ring (bicyclic) bond motifs is 1. The Morgan fingerprint density at radius 2 is 1.85 bits per heavy atom. The van der Waals surface area contributed by atoms with Gasteiger partial charge < -0.3 is 19.9 Å². The summed E-state index contributed by atoms with van der Waals surface area (Å²) in [6.07, 6.45) is 2.38. The van der Waals surface area contributed by atoms with Gasteiger partial charge in [0, 0.05) is 19.2 Å². The molecule has 0 saturated carbocycles. The Morgan fingerprint density at radius 1 is 1.12 bits per heavy atom. The molecule has 0 aromatic heterocycles. The lowest BCUT2D eigenvalue weighted by Gasteiger charge is -2.38. The fourth-order valence-corrected chi connectivity index (χ4v) is 4.37. The van der Waals surface area contributed by atoms with Crippen molar-refractivity contribution < 1.29 is 19.2 Å². The van der Waals surface area contributed by atoms with E-state index in [1.165, 1.54) is 6.07 Å². The van der Waals surface area contributed by atoms with E-state index in [2.05, 4.69) is 5.32 Å². The fourth-order valence-electron chi connectivity index (χ4n) is 4.37. The molecule has 0 bridgehead atoms. The maximum Gasteiger partial charge on any atom is 0.293 e. The van der Waals surface area contributed by atoms with E-state index in [0.29, 0.717) is 17.0 Å². The minimum atomic E-state index is -0.708. The Morgan fingerprint density at radius 3 is 2.58 bits per heavy atom. The van der Waals surface area contributed by atoms with Gasteiger partial charge in [-0.3, -0.25) is 19.7 Å². The predicted molar refractivity (Wildman–Crippen MR) is 125 cm³/mol. The number of likely N-dealkylation sites (tertiary alicyclic amines) is 1. The van der Waals surface area contributed by atoms with Gasteiger partial charge in [-0.05, 0) is 56.4 Å². The molecule has 174 valence electrons. The van der Waals surface area contributed by atoms with Crippen LogP contribution in [0.25, 0.3) is 0 Å². The molecule has 9 heteroatoms. The van der Waals surface area contributed by atoms with Crippen LogP contribution in [0.2, 0.25) is 0 Å². The molecule has 0 spiro atoms. The Hall–Kier alpha value is -3.62. The number of nitrogens with zero attached hydrogens (tertiary/aromatic N) is 3. The summed E-state index contributed by atoms with van der Waals surface area (Å²) < 4.78 is 6.01. The summed E-state index contributed by atoms with van der Waals surface area (Å²) in [6, 6.07) is 10.4. The van der Waals surface area contributed by atoms with Gasteiger partial charge in [0.2, 0.25) is 5.91 Å². The molecule has 2 amide bonds. The first-order chi connectivity index (χ1) is 15.8.